The van der Waals surface area contributed by atoms with E-state index in [0.717, 1.165) is 35.1 Å². The van der Waals surface area contributed by atoms with Crippen molar-refractivity contribution in [3.8, 4) is 11.4 Å². The highest BCUT2D eigenvalue weighted by Crippen LogP contribution is 2.31. The summed E-state index contributed by atoms with van der Waals surface area (Å²) in [6.07, 6.45) is -4.43. The zero-order valence-corrected chi connectivity index (χ0v) is 19.7. The van der Waals surface area contributed by atoms with E-state index in [0.29, 0.717) is 0 Å². The molecule has 0 saturated heterocycles. The maximum Gasteiger partial charge on any atom is 0.420 e. The lowest BCUT2D eigenvalue weighted by Gasteiger charge is -2.31. The molecule has 0 spiro atoms. The van der Waals surface area contributed by atoms with Gasteiger partial charge in [-0.15, -0.1) is 0 Å². The van der Waals surface area contributed by atoms with E-state index < -0.39 is 65.4 Å². The molecule has 0 aliphatic carbocycles. The first-order chi connectivity index (χ1) is 17.7. The molecule has 0 radical (unpaired) electrons. The van der Waals surface area contributed by atoms with Crippen molar-refractivity contribution < 1.29 is 45.8 Å². The molecule has 0 aliphatic heterocycles. The van der Waals surface area contributed by atoms with E-state index in [-0.39, 0.29) is 17.1 Å². The fraction of sp³-hybridized carbons (Fsp3) is 0.227. The third-order valence-electron chi connectivity index (χ3n) is 5.15. The van der Waals surface area contributed by atoms with Gasteiger partial charge in [0.15, 0.2) is 5.60 Å². The number of nitrogens with one attached hydrogen (secondary N) is 2. The first-order valence-corrected chi connectivity index (χ1v) is 10.8. The Morgan fingerprint density at radius 3 is 2.26 bits per heavy atom. The Kier molecular flexibility index (Phi) is 8.41. The fourth-order valence-corrected chi connectivity index (χ4v) is 3.39. The van der Waals surface area contributed by atoms with Crippen LogP contribution in [0.2, 0.25) is 5.02 Å². The summed E-state index contributed by atoms with van der Waals surface area (Å²) in [6, 6.07) is 8.01. The standard InChI is InChI=1S/C22H18ClF6N5O4/c23-14-2-1-3-15(38-20(25)26)16(14)19(36)32-10-21(37,22(27,28)29)9-31-18(35)13-8-33-34(17(13)30)12-6-4-11(24)5-7-12/h1-8,20,37H,9-10,30H2,(H,31,35)(H,32,36)/t21-/m1/s1. The van der Waals surface area contributed by atoms with Crippen molar-refractivity contribution in [2.45, 2.75) is 18.4 Å². The van der Waals surface area contributed by atoms with Gasteiger partial charge in [0, 0.05) is 0 Å². The number of nitrogens with two attached hydrogens (primary N) is 1. The SMILES string of the molecule is Nc1c(C(=O)NC[C@@](O)(CNC(=O)c2c(Cl)cccc2OC(F)F)C(F)(F)F)cnn1-c1ccc(F)cc1. The number of hydrogen-bond donors (Lipinski definition) is 4. The molecule has 3 aromatic rings. The molecule has 9 nitrogen and oxygen atoms in total. The van der Waals surface area contributed by atoms with E-state index >= 15 is 0 Å². The van der Waals surface area contributed by atoms with E-state index in [9.17, 15) is 41.0 Å². The lowest BCUT2D eigenvalue weighted by atomic mass is 10.0. The number of amides is 2. The van der Waals surface area contributed by atoms with Crippen LogP contribution in [0.3, 0.4) is 0 Å². The number of nitrogen functional groups attached to an aromatic ring is 1. The van der Waals surface area contributed by atoms with Crippen LogP contribution in [0.4, 0.5) is 32.2 Å². The van der Waals surface area contributed by atoms with Gasteiger partial charge in [0.2, 0.25) is 0 Å². The number of aliphatic hydroxyl groups is 1. The molecule has 38 heavy (non-hydrogen) atoms. The first-order valence-electron chi connectivity index (χ1n) is 10.4. The Morgan fingerprint density at radius 2 is 1.68 bits per heavy atom. The van der Waals surface area contributed by atoms with E-state index in [2.05, 4.69) is 9.84 Å². The van der Waals surface area contributed by atoms with E-state index in [1.54, 1.807) is 5.32 Å². The minimum atomic E-state index is -5.37. The average molecular weight is 566 g/mol. The number of rotatable bonds is 9. The molecule has 0 fully saturated rings. The third-order valence-corrected chi connectivity index (χ3v) is 5.47. The molecule has 0 aliphatic rings. The zero-order valence-electron chi connectivity index (χ0n) is 18.9. The summed E-state index contributed by atoms with van der Waals surface area (Å²) in [5.41, 5.74) is 1.36. The quantitative estimate of drug-likeness (QED) is 0.295. The molecule has 0 unspecified atom stereocenters. The van der Waals surface area contributed by atoms with Gasteiger partial charge in [0.25, 0.3) is 11.8 Å². The van der Waals surface area contributed by atoms with E-state index in [4.69, 9.17) is 17.3 Å². The van der Waals surface area contributed by atoms with Gasteiger partial charge in [-0.25, -0.2) is 9.07 Å². The number of anilines is 1. The summed E-state index contributed by atoms with van der Waals surface area (Å²) >= 11 is 5.82. The van der Waals surface area contributed by atoms with Crippen LogP contribution in [0.25, 0.3) is 5.69 Å². The van der Waals surface area contributed by atoms with Gasteiger partial charge < -0.3 is 26.2 Å². The summed E-state index contributed by atoms with van der Waals surface area (Å²) < 4.78 is 84.7. The fourth-order valence-electron chi connectivity index (χ4n) is 3.14. The number of alkyl halides is 5. The van der Waals surface area contributed by atoms with Gasteiger partial charge in [-0.2, -0.15) is 27.1 Å². The Hall–Kier alpha value is -3.98. The highest BCUT2D eigenvalue weighted by molar-refractivity contribution is 6.34. The number of carbonyl (C=O) groups is 2. The van der Waals surface area contributed by atoms with Crippen LogP contribution in [0.1, 0.15) is 20.7 Å². The van der Waals surface area contributed by atoms with Crippen LogP contribution in [-0.2, 0) is 0 Å². The smallest absolute Gasteiger partial charge is 0.420 e. The van der Waals surface area contributed by atoms with Crippen molar-refractivity contribution in [1.82, 2.24) is 20.4 Å². The van der Waals surface area contributed by atoms with Crippen LogP contribution in [0, 0.1) is 5.82 Å². The lowest BCUT2D eigenvalue weighted by molar-refractivity contribution is -0.254. The van der Waals surface area contributed by atoms with E-state index in [1.807, 2.05) is 5.32 Å². The summed E-state index contributed by atoms with van der Waals surface area (Å²) in [5, 5.41) is 17.4. The maximum absolute atomic E-state index is 13.7. The second-order valence-electron chi connectivity index (χ2n) is 7.72. The minimum absolute atomic E-state index is 0.257. The predicted molar refractivity (Wildman–Crippen MR) is 122 cm³/mol. The van der Waals surface area contributed by atoms with Crippen LogP contribution in [-0.4, -0.2) is 58.2 Å². The van der Waals surface area contributed by atoms with Gasteiger partial charge in [-0.1, -0.05) is 17.7 Å². The van der Waals surface area contributed by atoms with Crippen molar-refractivity contribution in [2.75, 3.05) is 18.8 Å². The number of halogens is 7. The normalized spacial score (nSPS) is 13.2. The molecule has 3 rings (SSSR count). The van der Waals surface area contributed by atoms with Crippen LogP contribution in [0.15, 0.2) is 48.7 Å². The van der Waals surface area contributed by atoms with Crippen molar-refractivity contribution >= 4 is 29.2 Å². The summed E-state index contributed by atoms with van der Waals surface area (Å²) in [5.74, 6) is -4.05. The highest BCUT2D eigenvalue weighted by atomic mass is 35.5. The number of nitrogens with zero attached hydrogens (tertiary/aromatic N) is 2. The van der Waals surface area contributed by atoms with Gasteiger partial charge >= 0.3 is 12.8 Å². The van der Waals surface area contributed by atoms with Crippen LogP contribution in [0.5, 0.6) is 5.75 Å². The lowest BCUT2D eigenvalue weighted by Crippen LogP contribution is -2.59. The second kappa shape index (κ2) is 11.2. The number of hydrogen-bond acceptors (Lipinski definition) is 6. The number of carbonyl (C=O) groups excluding carboxylic acids is 2. The Labute approximate surface area is 215 Å². The highest BCUT2D eigenvalue weighted by Gasteiger charge is 2.54. The second-order valence-corrected chi connectivity index (χ2v) is 8.13. The summed E-state index contributed by atoms with van der Waals surface area (Å²) in [6.45, 7) is -6.30. The molecule has 1 heterocycles. The molecule has 0 saturated carbocycles. The molecule has 0 bridgehead atoms. The van der Waals surface area contributed by atoms with Gasteiger partial charge in [0.1, 0.15) is 28.5 Å². The van der Waals surface area contributed by atoms with Gasteiger partial charge in [0.05, 0.1) is 30.0 Å². The molecular weight excluding hydrogens is 548 g/mol. The summed E-state index contributed by atoms with van der Waals surface area (Å²) in [7, 11) is 0. The minimum Gasteiger partial charge on any atom is -0.434 e. The molecule has 204 valence electrons. The largest absolute Gasteiger partial charge is 0.434 e. The third kappa shape index (κ3) is 6.28. The Bertz CT molecular complexity index is 1320. The molecule has 2 aromatic carbocycles. The number of ether oxygens (including phenoxy) is 1. The number of benzene rings is 2. The molecule has 1 aromatic heterocycles. The predicted octanol–water partition coefficient (Wildman–Crippen LogP) is 3.30. The Balaban J connectivity index is 1.74. The summed E-state index contributed by atoms with van der Waals surface area (Å²) in [4.78, 5) is 25.0. The van der Waals surface area contributed by atoms with Crippen molar-refractivity contribution in [3.63, 3.8) is 0 Å². The van der Waals surface area contributed by atoms with Crippen molar-refractivity contribution in [1.29, 1.82) is 0 Å². The van der Waals surface area contributed by atoms with E-state index in [1.165, 1.54) is 18.2 Å². The zero-order chi connectivity index (χ0) is 28.3. The molecular formula is C22H18ClF6N5O4. The van der Waals surface area contributed by atoms with Gasteiger partial charge in [-0.3, -0.25) is 9.59 Å². The molecule has 2 amide bonds. The first kappa shape index (κ1) is 28.6. The van der Waals surface area contributed by atoms with Gasteiger partial charge in [-0.05, 0) is 36.4 Å². The van der Waals surface area contributed by atoms with Crippen molar-refractivity contribution in [3.05, 3.63) is 70.6 Å². The maximum atomic E-state index is 13.7. The van der Waals surface area contributed by atoms with Crippen molar-refractivity contribution in [2.24, 2.45) is 0 Å². The number of aromatic nitrogens is 2. The Morgan fingerprint density at radius 1 is 1.08 bits per heavy atom. The molecule has 16 heteroatoms. The molecule has 5 N–H and O–H groups in total. The topological polar surface area (TPSA) is 132 Å². The van der Waals surface area contributed by atoms with Crippen LogP contribution < -0.4 is 21.1 Å². The molecule has 1 atom stereocenters. The monoisotopic (exact) mass is 565 g/mol. The van der Waals surface area contributed by atoms with Crippen LogP contribution >= 0.6 is 11.6 Å². The average Bonchev–Trinajstić information content (AvgIpc) is 3.22.